The molecular weight excluding hydrogens is 250 g/mol. The highest BCUT2D eigenvalue weighted by Gasteiger charge is 2.37. The maximum Gasteiger partial charge on any atom is 0.508 e. The molecule has 0 aromatic carbocycles. The van der Waals surface area contributed by atoms with Crippen LogP contribution in [-0.2, 0) is 27.2 Å². The Morgan fingerprint density at radius 2 is 2.00 bits per heavy atom. The second-order valence-electron chi connectivity index (χ2n) is 2.13. The van der Waals surface area contributed by atoms with E-state index in [9.17, 15) is 9.13 Å². The summed E-state index contributed by atoms with van der Waals surface area (Å²) in [7, 11) is -8.11. The molecule has 0 radical (unpaired) electrons. The quantitative estimate of drug-likeness (QED) is 0.310. The van der Waals surface area contributed by atoms with Crippen LogP contribution in [0.3, 0.4) is 0 Å². The minimum Gasteiger partial charge on any atom is -0.301 e. The van der Waals surface area contributed by atoms with Crippen LogP contribution in [0.1, 0.15) is 6.92 Å². The van der Waals surface area contributed by atoms with Crippen LogP contribution in [0.4, 0.5) is 0 Å². The summed E-state index contributed by atoms with van der Waals surface area (Å²) in [6.07, 6.45) is 3.07. The fraction of sp³-hybridized carbons (Fsp3) is 0.600. The van der Waals surface area contributed by atoms with Gasteiger partial charge in [0.25, 0.3) is 0 Å². The van der Waals surface area contributed by atoms with E-state index in [1.54, 1.807) is 13.0 Å². The van der Waals surface area contributed by atoms with Crippen LogP contribution < -0.4 is 0 Å². The van der Waals surface area contributed by atoms with E-state index in [-0.39, 0.29) is 6.61 Å². The smallest absolute Gasteiger partial charge is 0.301 e. The Morgan fingerprint density at radius 3 is 2.40 bits per heavy atom. The zero-order chi connectivity index (χ0) is 11.9. The van der Waals surface area contributed by atoms with Gasteiger partial charge in [-0.15, -0.1) is 4.67 Å². The average molecular weight is 262 g/mol. The maximum atomic E-state index is 11.4. The van der Waals surface area contributed by atoms with Gasteiger partial charge in [0.2, 0.25) is 0 Å². The predicted molar refractivity (Wildman–Crippen MR) is 50.0 cm³/mol. The first-order valence-electron chi connectivity index (χ1n) is 3.68. The van der Waals surface area contributed by atoms with E-state index in [4.69, 9.17) is 10.2 Å². The Balaban J connectivity index is 4.44. The van der Waals surface area contributed by atoms with Crippen molar-refractivity contribution < 1.29 is 37.3 Å². The molecule has 2 unspecified atom stereocenters. The molecule has 0 aliphatic heterocycles. The topological polar surface area (TPSA) is 112 Å². The van der Waals surface area contributed by atoms with Crippen molar-refractivity contribution in [2.75, 3.05) is 13.7 Å². The van der Waals surface area contributed by atoms with Gasteiger partial charge in [-0.25, -0.2) is 14.4 Å². The normalized spacial score (nSPS) is 20.0. The summed E-state index contributed by atoms with van der Waals surface area (Å²) in [5.41, 5.74) is 0. The average Bonchev–Trinajstić information content (AvgIpc) is 2.18. The van der Waals surface area contributed by atoms with Crippen LogP contribution in [0.2, 0.25) is 0 Å². The van der Waals surface area contributed by atoms with Crippen LogP contribution in [-0.4, -0.2) is 23.9 Å². The molecule has 0 rings (SSSR count). The van der Waals surface area contributed by atoms with Crippen molar-refractivity contribution in [3.05, 3.63) is 12.2 Å². The summed E-state index contributed by atoms with van der Waals surface area (Å²) >= 11 is 0. The third kappa shape index (κ3) is 6.19. The Bertz CT molecular complexity index is 299. The van der Waals surface area contributed by atoms with Crippen molar-refractivity contribution in [3.8, 4) is 0 Å². The number of phosphoric acid groups is 2. The standard InChI is InChI=1S/C5H12O8P2/c1-3-4-5-11-15(9,10-2)13-14(7,8)12-6/h3-4,6H,5H2,1-2H3,(H,7,8). The summed E-state index contributed by atoms with van der Waals surface area (Å²) in [6, 6.07) is 0. The largest absolute Gasteiger partial charge is 0.508 e. The van der Waals surface area contributed by atoms with Crippen LogP contribution >= 0.6 is 15.6 Å². The highest BCUT2D eigenvalue weighted by molar-refractivity contribution is 7.61. The zero-order valence-electron chi connectivity index (χ0n) is 8.10. The fourth-order valence-electron chi connectivity index (χ4n) is 0.481. The molecule has 0 heterocycles. The molecule has 2 N–H and O–H groups in total. The molecule has 0 aliphatic carbocycles. The number of allylic oxidation sites excluding steroid dienone is 1. The van der Waals surface area contributed by atoms with Crippen molar-refractivity contribution in [2.24, 2.45) is 0 Å². The van der Waals surface area contributed by atoms with Crippen molar-refractivity contribution in [3.63, 3.8) is 0 Å². The lowest BCUT2D eigenvalue weighted by Gasteiger charge is -2.15. The van der Waals surface area contributed by atoms with Gasteiger partial charge in [0, 0.05) is 7.11 Å². The molecule has 8 nitrogen and oxygen atoms in total. The van der Waals surface area contributed by atoms with Crippen LogP contribution in [0, 0.1) is 0 Å². The molecule has 0 aromatic rings. The summed E-state index contributed by atoms with van der Waals surface area (Å²) in [5, 5.41) is 7.94. The van der Waals surface area contributed by atoms with Crippen molar-refractivity contribution in [1.29, 1.82) is 0 Å². The van der Waals surface area contributed by atoms with Gasteiger partial charge in [-0.2, -0.15) is 4.31 Å². The van der Waals surface area contributed by atoms with Crippen LogP contribution in [0.15, 0.2) is 12.2 Å². The third-order valence-electron chi connectivity index (χ3n) is 1.09. The molecule has 15 heavy (non-hydrogen) atoms. The lowest BCUT2D eigenvalue weighted by molar-refractivity contribution is -0.157. The van der Waals surface area contributed by atoms with Crippen LogP contribution in [0.25, 0.3) is 0 Å². The van der Waals surface area contributed by atoms with Crippen molar-refractivity contribution in [1.82, 2.24) is 0 Å². The molecule has 0 aromatic heterocycles. The van der Waals surface area contributed by atoms with Crippen molar-refractivity contribution in [2.45, 2.75) is 6.92 Å². The van der Waals surface area contributed by atoms with E-state index in [2.05, 4.69) is 18.0 Å². The Labute approximate surface area is 86.6 Å². The van der Waals surface area contributed by atoms with E-state index < -0.39 is 15.6 Å². The summed E-state index contributed by atoms with van der Waals surface area (Å²) in [6.45, 7) is 1.54. The summed E-state index contributed by atoms with van der Waals surface area (Å²) in [4.78, 5) is 8.66. The predicted octanol–water partition coefficient (Wildman–Crippen LogP) is 1.94. The minimum atomic E-state index is -4.84. The first-order chi connectivity index (χ1) is 6.89. The minimum absolute atomic E-state index is 0.146. The van der Waals surface area contributed by atoms with Crippen molar-refractivity contribution >= 4 is 15.6 Å². The molecular formula is C5H12O8P2. The summed E-state index contributed by atoms with van der Waals surface area (Å²) in [5.74, 6) is 0. The molecule has 0 saturated carbocycles. The molecule has 10 heteroatoms. The number of phosphoric ester groups is 1. The lowest BCUT2D eigenvalue weighted by Crippen LogP contribution is -1.98. The molecule has 0 spiro atoms. The van der Waals surface area contributed by atoms with Gasteiger partial charge >= 0.3 is 15.6 Å². The molecule has 0 aliphatic rings. The number of hydrogen-bond donors (Lipinski definition) is 2. The molecule has 90 valence electrons. The van der Waals surface area contributed by atoms with E-state index >= 15 is 0 Å². The number of rotatable bonds is 7. The van der Waals surface area contributed by atoms with Gasteiger partial charge in [0.15, 0.2) is 0 Å². The number of hydrogen-bond acceptors (Lipinski definition) is 7. The Morgan fingerprint density at radius 1 is 1.40 bits per heavy atom. The second-order valence-corrected chi connectivity index (χ2v) is 5.40. The van der Waals surface area contributed by atoms with E-state index in [0.717, 1.165) is 7.11 Å². The second kappa shape index (κ2) is 6.52. The Hall–Kier alpha value is -0.0400. The maximum absolute atomic E-state index is 11.4. The Kier molecular flexibility index (Phi) is 6.51. The van der Waals surface area contributed by atoms with E-state index in [1.165, 1.54) is 6.08 Å². The van der Waals surface area contributed by atoms with E-state index in [1.807, 2.05) is 0 Å². The van der Waals surface area contributed by atoms with Gasteiger partial charge in [-0.05, 0) is 6.92 Å². The molecule has 0 bridgehead atoms. The van der Waals surface area contributed by atoms with Gasteiger partial charge in [-0.3, -0.25) is 9.05 Å². The highest BCUT2D eigenvalue weighted by atomic mass is 31.3. The van der Waals surface area contributed by atoms with Gasteiger partial charge < -0.3 is 4.89 Å². The van der Waals surface area contributed by atoms with Gasteiger partial charge in [0.1, 0.15) is 0 Å². The SMILES string of the molecule is CC=CCOP(=O)(OC)OP(=O)(O)OO. The third-order valence-corrected chi connectivity index (χ3v) is 3.84. The molecule has 2 atom stereocenters. The zero-order valence-corrected chi connectivity index (χ0v) is 9.89. The highest BCUT2D eigenvalue weighted by Crippen LogP contribution is 2.62. The molecule has 0 amide bonds. The fourth-order valence-corrected chi connectivity index (χ4v) is 2.44. The first-order valence-corrected chi connectivity index (χ1v) is 6.63. The van der Waals surface area contributed by atoms with E-state index in [0.29, 0.717) is 0 Å². The monoisotopic (exact) mass is 262 g/mol. The van der Waals surface area contributed by atoms with Gasteiger partial charge in [0.05, 0.1) is 6.61 Å². The first kappa shape index (κ1) is 15.0. The lowest BCUT2D eigenvalue weighted by atomic mass is 10.6. The van der Waals surface area contributed by atoms with Gasteiger partial charge in [-0.1, -0.05) is 12.2 Å². The molecule has 0 saturated heterocycles. The molecule has 0 fully saturated rings. The van der Waals surface area contributed by atoms with Crippen LogP contribution in [0.5, 0.6) is 0 Å². The summed E-state index contributed by atoms with van der Waals surface area (Å²) < 4.78 is 38.0.